The van der Waals surface area contributed by atoms with E-state index in [2.05, 4.69) is 10.3 Å². The normalized spacial score (nSPS) is 10.4. The number of nitrogens with zero attached hydrogens (tertiary/aromatic N) is 3. The lowest BCUT2D eigenvalue weighted by Crippen LogP contribution is -2.00. The molecule has 16 heavy (non-hydrogen) atoms. The molecule has 2 rings (SSSR count). The molecular formula is C11H10ClN3O. The second kappa shape index (κ2) is 4.06. The molecule has 82 valence electrons. The van der Waals surface area contributed by atoms with Gasteiger partial charge in [0.2, 0.25) is 0 Å². The first-order valence-electron chi connectivity index (χ1n) is 4.79. The van der Waals surface area contributed by atoms with E-state index in [0.717, 1.165) is 11.3 Å². The van der Waals surface area contributed by atoms with Crippen LogP contribution in [0.3, 0.4) is 0 Å². The molecular weight excluding hydrogens is 226 g/mol. The van der Waals surface area contributed by atoms with Crippen molar-refractivity contribution in [1.29, 1.82) is 0 Å². The summed E-state index contributed by atoms with van der Waals surface area (Å²) >= 11 is 5.39. The summed E-state index contributed by atoms with van der Waals surface area (Å²) in [6.45, 7) is 3.75. The molecule has 0 radical (unpaired) electrons. The van der Waals surface area contributed by atoms with Crippen LogP contribution in [0.25, 0.3) is 5.69 Å². The third-order valence-corrected chi connectivity index (χ3v) is 2.51. The first-order valence-corrected chi connectivity index (χ1v) is 5.16. The largest absolute Gasteiger partial charge is 0.274 e. The number of carbonyl (C=O) groups is 1. The van der Waals surface area contributed by atoms with Gasteiger partial charge >= 0.3 is 0 Å². The lowest BCUT2D eigenvalue weighted by Gasteiger charge is -2.03. The summed E-state index contributed by atoms with van der Waals surface area (Å²) in [4.78, 5) is 11.0. The van der Waals surface area contributed by atoms with Crippen molar-refractivity contribution in [2.24, 2.45) is 0 Å². The molecule has 1 aromatic heterocycles. The van der Waals surface area contributed by atoms with E-state index in [0.29, 0.717) is 5.69 Å². The van der Waals surface area contributed by atoms with E-state index in [1.54, 1.807) is 11.6 Å². The fraction of sp³-hybridized carbons (Fsp3) is 0.182. The summed E-state index contributed by atoms with van der Waals surface area (Å²) in [6.07, 6.45) is 0. The summed E-state index contributed by atoms with van der Waals surface area (Å²) in [5.41, 5.74) is 2.83. The molecule has 0 N–H and O–H groups in total. The van der Waals surface area contributed by atoms with Gasteiger partial charge in [-0.05, 0) is 43.1 Å². The van der Waals surface area contributed by atoms with Crippen LogP contribution in [0.1, 0.15) is 21.7 Å². The summed E-state index contributed by atoms with van der Waals surface area (Å²) in [5.74, 6) is 0. The molecule has 0 aliphatic rings. The Morgan fingerprint density at radius 2 is 2.12 bits per heavy atom. The van der Waals surface area contributed by atoms with Crippen molar-refractivity contribution in [3.8, 4) is 5.69 Å². The minimum Gasteiger partial charge on any atom is -0.274 e. The number of carbonyl (C=O) groups excluding carboxylic acids is 1. The highest BCUT2D eigenvalue weighted by Gasteiger charge is 2.14. The molecule has 1 heterocycles. The molecule has 0 saturated heterocycles. The lowest BCUT2D eigenvalue weighted by molar-refractivity contribution is 0.107. The Balaban J connectivity index is 2.53. The molecule has 4 nitrogen and oxygen atoms in total. The summed E-state index contributed by atoms with van der Waals surface area (Å²) in [6, 6.07) is 7.78. The highest BCUT2D eigenvalue weighted by molar-refractivity contribution is 6.67. The van der Waals surface area contributed by atoms with E-state index in [-0.39, 0.29) is 5.69 Å². The minimum absolute atomic E-state index is 0.197. The van der Waals surface area contributed by atoms with Gasteiger partial charge in [0.1, 0.15) is 0 Å². The van der Waals surface area contributed by atoms with Gasteiger partial charge in [-0.3, -0.25) is 4.79 Å². The number of aryl methyl sites for hydroxylation is 1. The van der Waals surface area contributed by atoms with Gasteiger partial charge in [-0.1, -0.05) is 17.3 Å². The molecule has 0 aliphatic carbocycles. The first kappa shape index (κ1) is 10.8. The number of halogens is 1. The van der Waals surface area contributed by atoms with Crippen molar-refractivity contribution in [3.63, 3.8) is 0 Å². The van der Waals surface area contributed by atoms with Gasteiger partial charge in [-0.15, -0.1) is 5.10 Å². The van der Waals surface area contributed by atoms with Crippen LogP contribution in [0.4, 0.5) is 0 Å². The molecule has 0 aliphatic heterocycles. The van der Waals surface area contributed by atoms with Crippen molar-refractivity contribution >= 4 is 16.8 Å². The number of hydrogen-bond acceptors (Lipinski definition) is 3. The highest BCUT2D eigenvalue weighted by Crippen LogP contribution is 2.14. The Morgan fingerprint density at radius 1 is 1.38 bits per heavy atom. The molecule has 0 unspecified atom stereocenters. The third-order valence-electron chi connectivity index (χ3n) is 2.33. The van der Waals surface area contributed by atoms with Crippen molar-refractivity contribution in [2.75, 3.05) is 0 Å². The third kappa shape index (κ3) is 1.84. The summed E-state index contributed by atoms with van der Waals surface area (Å²) in [7, 11) is 0. The van der Waals surface area contributed by atoms with E-state index in [1.807, 2.05) is 31.2 Å². The number of hydrogen-bond donors (Lipinski definition) is 0. The Kier molecular flexibility index (Phi) is 2.75. The number of aromatic nitrogens is 3. The topological polar surface area (TPSA) is 47.8 Å². The van der Waals surface area contributed by atoms with Gasteiger partial charge < -0.3 is 0 Å². The predicted molar refractivity (Wildman–Crippen MR) is 61.0 cm³/mol. The van der Waals surface area contributed by atoms with Gasteiger partial charge in [-0.25, -0.2) is 4.68 Å². The van der Waals surface area contributed by atoms with Crippen LogP contribution in [0.15, 0.2) is 24.3 Å². The molecule has 0 bridgehead atoms. The zero-order valence-corrected chi connectivity index (χ0v) is 9.69. The van der Waals surface area contributed by atoms with E-state index in [9.17, 15) is 4.79 Å². The molecule has 5 heteroatoms. The average molecular weight is 236 g/mol. The lowest BCUT2D eigenvalue weighted by atomic mass is 10.2. The summed E-state index contributed by atoms with van der Waals surface area (Å²) in [5, 5.41) is 7.08. The van der Waals surface area contributed by atoms with E-state index in [4.69, 9.17) is 11.6 Å². The quantitative estimate of drug-likeness (QED) is 0.751. The standard InChI is InChI=1S/C11H10ClN3O/c1-7-4-3-5-9(6-7)15-8(2)10(11(12)16)13-14-15/h3-6H,1-2H3. The Hall–Kier alpha value is -1.68. The van der Waals surface area contributed by atoms with Crippen molar-refractivity contribution < 1.29 is 4.79 Å². The predicted octanol–water partition coefficient (Wildman–Crippen LogP) is 2.26. The Morgan fingerprint density at radius 3 is 2.69 bits per heavy atom. The van der Waals surface area contributed by atoms with Crippen molar-refractivity contribution in [1.82, 2.24) is 15.0 Å². The SMILES string of the molecule is Cc1cccc(-n2nnc(C(=O)Cl)c2C)c1. The fourth-order valence-corrected chi connectivity index (χ4v) is 1.69. The van der Waals surface area contributed by atoms with Crippen LogP contribution >= 0.6 is 11.6 Å². The average Bonchev–Trinajstić information content (AvgIpc) is 2.60. The van der Waals surface area contributed by atoms with E-state index >= 15 is 0 Å². The molecule has 2 aromatic rings. The van der Waals surface area contributed by atoms with Crippen molar-refractivity contribution in [3.05, 3.63) is 41.2 Å². The molecule has 0 atom stereocenters. The number of benzene rings is 1. The highest BCUT2D eigenvalue weighted by atomic mass is 35.5. The van der Waals surface area contributed by atoms with Gasteiger partial charge in [0.25, 0.3) is 5.24 Å². The smallest absolute Gasteiger partial charge is 0.274 e. The maximum Gasteiger partial charge on any atom is 0.274 e. The van der Waals surface area contributed by atoms with Crippen LogP contribution in [-0.2, 0) is 0 Å². The Labute approximate surface area is 97.8 Å². The monoisotopic (exact) mass is 235 g/mol. The van der Waals surface area contributed by atoms with Gasteiger partial charge in [0, 0.05) is 0 Å². The van der Waals surface area contributed by atoms with Crippen LogP contribution in [0.2, 0.25) is 0 Å². The van der Waals surface area contributed by atoms with Gasteiger partial charge in [-0.2, -0.15) is 0 Å². The molecule has 0 fully saturated rings. The molecule has 0 amide bonds. The second-order valence-corrected chi connectivity index (χ2v) is 3.89. The van der Waals surface area contributed by atoms with Crippen molar-refractivity contribution in [2.45, 2.75) is 13.8 Å². The zero-order valence-electron chi connectivity index (χ0n) is 8.94. The number of rotatable bonds is 2. The Bertz CT molecular complexity index is 548. The second-order valence-electron chi connectivity index (χ2n) is 3.55. The summed E-state index contributed by atoms with van der Waals surface area (Å²) < 4.78 is 1.60. The fourth-order valence-electron chi connectivity index (χ4n) is 1.52. The maximum atomic E-state index is 11.0. The first-order chi connectivity index (χ1) is 7.59. The maximum absolute atomic E-state index is 11.0. The molecule has 0 spiro atoms. The van der Waals surface area contributed by atoms with Crippen LogP contribution in [0.5, 0.6) is 0 Å². The van der Waals surface area contributed by atoms with E-state index < -0.39 is 5.24 Å². The molecule has 1 aromatic carbocycles. The zero-order chi connectivity index (χ0) is 11.7. The van der Waals surface area contributed by atoms with Gasteiger partial charge in [0.15, 0.2) is 5.69 Å². The van der Waals surface area contributed by atoms with E-state index in [1.165, 1.54) is 0 Å². The van der Waals surface area contributed by atoms with Gasteiger partial charge in [0.05, 0.1) is 11.4 Å². The minimum atomic E-state index is -0.587. The van der Waals surface area contributed by atoms with Crippen LogP contribution in [-0.4, -0.2) is 20.2 Å². The van der Waals surface area contributed by atoms with Crippen LogP contribution < -0.4 is 0 Å². The molecule has 0 saturated carbocycles. The van der Waals surface area contributed by atoms with Crippen LogP contribution in [0, 0.1) is 13.8 Å².